The summed E-state index contributed by atoms with van der Waals surface area (Å²) in [5.41, 5.74) is 2.75. The Morgan fingerprint density at radius 1 is 1.18 bits per heavy atom. The van der Waals surface area contributed by atoms with Gasteiger partial charge in [0.2, 0.25) is 5.91 Å². The van der Waals surface area contributed by atoms with Crippen LogP contribution in [-0.4, -0.2) is 35.7 Å². The fraction of sp³-hybridized carbons (Fsp3) is 0.200. The predicted octanol–water partition coefficient (Wildman–Crippen LogP) is 3.40. The molecule has 0 bridgehead atoms. The number of hydrogen-bond donors (Lipinski definition) is 1. The summed E-state index contributed by atoms with van der Waals surface area (Å²) in [4.78, 5) is 39.2. The number of ether oxygens (including phenoxy) is 2. The van der Waals surface area contributed by atoms with Gasteiger partial charge in [-0.25, -0.2) is 0 Å². The van der Waals surface area contributed by atoms with Gasteiger partial charge < -0.3 is 9.47 Å². The molecule has 0 radical (unpaired) electrons. The van der Waals surface area contributed by atoms with Crippen molar-refractivity contribution in [1.29, 1.82) is 0 Å². The average molecular weight is 398 g/mol. The van der Waals surface area contributed by atoms with Crippen molar-refractivity contribution < 1.29 is 23.9 Å². The minimum atomic E-state index is -0.771. The van der Waals surface area contributed by atoms with Gasteiger partial charge in [-0.15, -0.1) is 0 Å². The van der Waals surface area contributed by atoms with E-state index in [2.05, 4.69) is 10.3 Å². The highest BCUT2D eigenvalue weighted by Gasteiger charge is 2.34. The summed E-state index contributed by atoms with van der Waals surface area (Å²) < 4.78 is 10.6. The Labute approximate surface area is 166 Å². The van der Waals surface area contributed by atoms with Crippen LogP contribution in [0.25, 0.3) is 0 Å². The SMILES string of the molecule is COc1cc(C=Nc2ccc(C)cc2)ccc1OC(=O)CC1SC(=O)NC1=O. The van der Waals surface area contributed by atoms with E-state index in [4.69, 9.17) is 9.47 Å². The van der Waals surface area contributed by atoms with Crippen molar-refractivity contribution in [3.8, 4) is 11.5 Å². The number of carbonyl (C=O) groups excluding carboxylic acids is 3. The van der Waals surface area contributed by atoms with Crippen molar-refractivity contribution in [3.63, 3.8) is 0 Å². The van der Waals surface area contributed by atoms with Crippen molar-refractivity contribution >= 4 is 40.8 Å². The van der Waals surface area contributed by atoms with E-state index < -0.39 is 22.4 Å². The van der Waals surface area contributed by atoms with Crippen molar-refractivity contribution in [2.24, 2.45) is 4.99 Å². The van der Waals surface area contributed by atoms with Crippen molar-refractivity contribution in [3.05, 3.63) is 53.6 Å². The highest BCUT2D eigenvalue weighted by Crippen LogP contribution is 2.29. The van der Waals surface area contributed by atoms with Gasteiger partial charge in [-0.3, -0.25) is 24.7 Å². The molecule has 0 aromatic heterocycles. The number of nitrogens with zero attached hydrogens (tertiary/aromatic N) is 1. The lowest BCUT2D eigenvalue weighted by Crippen LogP contribution is -2.27. The summed E-state index contributed by atoms with van der Waals surface area (Å²) in [5, 5.41) is 0.903. The molecule has 0 aliphatic carbocycles. The second-order valence-corrected chi connectivity index (χ2v) is 7.24. The van der Waals surface area contributed by atoms with E-state index in [0.29, 0.717) is 5.75 Å². The average Bonchev–Trinajstić information content (AvgIpc) is 2.98. The summed E-state index contributed by atoms with van der Waals surface area (Å²) in [6, 6.07) is 12.8. The maximum atomic E-state index is 12.1. The van der Waals surface area contributed by atoms with E-state index in [-0.39, 0.29) is 12.2 Å². The second-order valence-electron chi connectivity index (χ2n) is 6.07. The Hall–Kier alpha value is -3.13. The third-order valence-corrected chi connectivity index (χ3v) is 4.91. The number of aliphatic imine (C=N–C) groups is 1. The fourth-order valence-corrected chi connectivity index (χ4v) is 3.28. The van der Waals surface area contributed by atoms with Crippen LogP contribution < -0.4 is 14.8 Å². The van der Waals surface area contributed by atoms with Crippen LogP contribution in [0, 0.1) is 6.92 Å². The largest absolute Gasteiger partial charge is 0.493 e. The van der Waals surface area contributed by atoms with Crippen LogP contribution in [0.2, 0.25) is 0 Å². The molecule has 1 fully saturated rings. The van der Waals surface area contributed by atoms with Crippen molar-refractivity contribution in [2.75, 3.05) is 7.11 Å². The third-order valence-electron chi connectivity index (χ3n) is 3.93. The van der Waals surface area contributed by atoms with Crippen molar-refractivity contribution in [1.82, 2.24) is 5.32 Å². The lowest BCUT2D eigenvalue weighted by atomic mass is 10.2. The first-order valence-corrected chi connectivity index (χ1v) is 9.33. The highest BCUT2D eigenvalue weighted by atomic mass is 32.2. The number of nitrogens with one attached hydrogen (secondary N) is 1. The zero-order chi connectivity index (χ0) is 20.1. The van der Waals surface area contributed by atoms with Crippen LogP contribution in [0.4, 0.5) is 10.5 Å². The Balaban J connectivity index is 1.67. The second kappa shape index (κ2) is 8.71. The highest BCUT2D eigenvalue weighted by molar-refractivity contribution is 8.15. The van der Waals surface area contributed by atoms with E-state index in [1.165, 1.54) is 7.11 Å². The van der Waals surface area contributed by atoms with E-state index in [1.807, 2.05) is 31.2 Å². The van der Waals surface area contributed by atoms with Gasteiger partial charge in [0.15, 0.2) is 11.5 Å². The molecule has 2 aromatic rings. The summed E-state index contributed by atoms with van der Waals surface area (Å²) in [6.45, 7) is 2.01. The van der Waals surface area contributed by atoms with Gasteiger partial charge in [-0.1, -0.05) is 29.5 Å². The minimum Gasteiger partial charge on any atom is -0.493 e. The minimum absolute atomic E-state index is 0.206. The Kier molecular flexibility index (Phi) is 6.10. The summed E-state index contributed by atoms with van der Waals surface area (Å²) in [6.07, 6.45) is 1.48. The molecule has 2 aromatic carbocycles. The van der Waals surface area contributed by atoms with E-state index in [9.17, 15) is 14.4 Å². The van der Waals surface area contributed by atoms with Crippen LogP contribution >= 0.6 is 11.8 Å². The van der Waals surface area contributed by atoms with Gasteiger partial charge in [-0.2, -0.15) is 0 Å². The van der Waals surface area contributed by atoms with Crippen LogP contribution in [0.15, 0.2) is 47.5 Å². The standard InChI is InChI=1S/C20H18N2O5S/c1-12-3-6-14(7-4-12)21-11-13-5-8-15(16(9-13)26-2)27-18(23)10-17-19(24)22-20(25)28-17/h3-9,11,17H,10H2,1-2H3,(H,22,24,25). The Bertz CT molecular complexity index is 940. The van der Waals surface area contributed by atoms with Gasteiger partial charge in [0.05, 0.1) is 19.2 Å². The molecule has 0 spiro atoms. The number of hydrogen-bond acceptors (Lipinski definition) is 7. The number of carbonyl (C=O) groups is 3. The molecule has 144 valence electrons. The number of benzene rings is 2. The van der Waals surface area contributed by atoms with Gasteiger partial charge in [0.1, 0.15) is 5.25 Å². The molecule has 3 rings (SSSR count). The molecule has 1 N–H and O–H groups in total. The lowest BCUT2D eigenvalue weighted by molar-refractivity contribution is -0.136. The zero-order valence-electron chi connectivity index (χ0n) is 15.3. The van der Waals surface area contributed by atoms with Gasteiger partial charge in [0.25, 0.3) is 5.24 Å². The third kappa shape index (κ3) is 4.98. The molecule has 1 heterocycles. The van der Waals surface area contributed by atoms with Crippen LogP contribution in [-0.2, 0) is 9.59 Å². The lowest BCUT2D eigenvalue weighted by Gasteiger charge is -2.10. The predicted molar refractivity (Wildman–Crippen MR) is 107 cm³/mol. The number of thioether (sulfide) groups is 1. The number of rotatable bonds is 6. The number of aryl methyl sites for hydroxylation is 1. The van der Waals surface area contributed by atoms with E-state index >= 15 is 0 Å². The molecule has 7 nitrogen and oxygen atoms in total. The molecule has 1 unspecified atom stereocenters. The molecule has 2 amide bonds. The Morgan fingerprint density at radius 3 is 2.57 bits per heavy atom. The number of amides is 2. The smallest absolute Gasteiger partial charge is 0.312 e. The van der Waals surface area contributed by atoms with Gasteiger partial charge in [-0.05, 0) is 42.8 Å². The van der Waals surface area contributed by atoms with Crippen LogP contribution in [0.3, 0.4) is 0 Å². The molecule has 1 aliphatic heterocycles. The monoisotopic (exact) mass is 398 g/mol. The first kappa shape index (κ1) is 19.6. The van der Waals surface area contributed by atoms with E-state index in [0.717, 1.165) is 28.6 Å². The summed E-state index contributed by atoms with van der Waals surface area (Å²) in [7, 11) is 1.46. The summed E-state index contributed by atoms with van der Waals surface area (Å²) >= 11 is 0.781. The number of methoxy groups -OCH3 is 1. The topological polar surface area (TPSA) is 94.1 Å². The van der Waals surface area contributed by atoms with Gasteiger partial charge >= 0.3 is 5.97 Å². The zero-order valence-corrected chi connectivity index (χ0v) is 16.1. The number of imide groups is 1. The first-order chi connectivity index (χ1) is 13.4. The van der Waals surface area contributed by atoms with Crippen LogP contribution in [0.5, 0.6) is 11.5 Å². The van der Waals surface area contributed by atoms with Gasteiger partial charge in [0, 0.05) is 6.21 Å². The molecule has 1 aliphatic rings. The van der Waals surface area contributed by atoms with E-state index in [1.54, 1.807) is 24.4 Å². The van der Waals surface area contributed by atoms with Crippen LogP contribution in [0.1, 0.15) is 17.5 Å². The normalized spacial score (nSPS) is 16.3. The molecule has 1 atom stereocenters. The molecule has 1 saturated heterocycles. The number of esters is 1. The Morgan fingerprint density at radius 2 is 1.93 bits per heavy atom. The quantitative estimate of drug-likeness (QED) is 0.455. The molecular weight excluding hydrogens is 380 g/mol. The molecular formula is C20H18N2O5S. The fourth-order valence-electron chi connectivity index (χ4n) is 2.47. The summed E-state index contributed by atoms with van der Waals surface area (Å²) in [5.74, 6) is -0.515. The maximum absolute atomic E-state index is 12.1. The molecule has 0 saturated carbocycles. The maximum Gasteiger partial charge on any atom is 0.312 e. The van der Waals surface area contributed by atoms with Crippen molar-refractivity contribution in [2.45, 2.75) is 18.6 Å². The molecule has 28 heavy (non-hydrogen) atoms. The first-order valence-electron chi connectivity index (χ1n) is 8.45. The molecule has 8 heteroatoms.